The highest BCUT2D eigenvalue weighted by Crippen LogP contribution is 2.34. The van der Waals surface area contributed by atoms with Gasteiger partial charge in [0.2, 0.25) is 0 Å². The Balaban J connectivity index is 1.91. The molecule has 0 N–H and O–H groups in total. The molecule has 4 rings (SSSR count). The number of nitrogens with zero attached hydrogens (tertiary/aromatic N) is 1. The molecule has 3 nitrogen and oxygen atoms in total. The van der Waals surface area contributed by atoms with Crippen LogP contribution in [0.15, 0.2) is 71.3 Å². The Hall–Kier alpha value is -3.27. The molecule has 0 aliphatic heterocycles. The maximum Gasteiger partial charge on any atom is 0.154 e. The number of benzene rings is 2. The van der Waals surface area contributed by atoms with E-state index in [1.54, 1.807) is 18.3 Å². The highest BCUT2D eigenvalue weighted by Gasteiger charge is 2.16. The number of rotatable bonds is 3. The molecule has 2 heterocycles. The van der Waals surface area contributed by atoms with E-state index >= 15 is 0 Å². The number of halogens is 1. The molecule has 0 spiro atoms. The summed E-state index contributed by atoms with van der Waals surface area (Å²) in [6, 6.07) is 17.2. The third kappa shape index (κ3) is 2.38. The van der Waals surface area contributed by atoms with Crippen LogP contribution in [0, 0.1) is 5.82 Å². The zero-order valence-corrected chi connectivity index (χ0v) is 12.6. The quantitative estimate of drug-likeness (QED) is 0.493. The third-order valence-corrected chi connectivity index (χ3v) is 3.91. The van der Waals surface area contributed by atoms with Gasteiger partial charge in [0.15, 0.2) is 6.29 Å². The van der Waals surface area contributed by atoms with Crippen LogP contribution in [0.3, 0.4) is 0 Å². The van der Waals surface area contributed by atoms with Gasteiger partial charge >= 0.3 is 0 Å². The van der Waals surface area contributed by atoms with Crippen molar-refractivity contribution < 1.29 is 13.6 Å². The van der Waals surface area contributed by atoms with Crippen molar-refractivity contribution in [1.29, 1.82) is 0 Å². The van der Waals surface area contributed by atoms with E-state index in [0.29, 0.717) is 27.9 Å². The Labute approximate surface area is 137 Å². The van der Waals surface area contributed by atoms with Crippen LogP contribution in [-0.4, -0.2) is 11.3 Å². The summed E-state index contributed by atoms with van der Waals surface area (Å²) in [5, 5.41) is 0.715. The normalized spacial score (nSPS) is 10.9. The predicted molar refractivity (Wildman–Crippen MR) is 90.2 cm³/mol. The van der Waals surface area contributed by atoms with E-state index in [1.165, 1.54) is 12.1 Å². The molecule has 0 unspecified atom stereocenters. The van der Waals surface area contributed by atoms with E-state index in [1.807, 2.05) is 36.4 Å². The van der Waals surface area contributed by atoms with Crippen LogP contribution >= 0.6 is 0 Å². The minimum atomic E-state index is -0.333. The lowest BCUT2D eigenvalue weighted by atomic mass is 10.0. The number of hydrogen-bond acceptors (Lipinski definition) is 3. The summed E-state index contributed by atoms with van der Waals surface area (Å²) in [7, 11) is 0. The van der Waals surface area contributed by atoms with Crippen LogP contribution in [0.5, 0.6) is 0 Å². The highest BCUT2D eigenvalue weighted by atomic mass is 19.1. The fourth-order valence-corrected chi connectivity index (χ4v) is 2.74. The van der Waals surface area contributed by atoms with Crippen LogP contribution in [0.2, 0.25) is 0 Å². The largest absolute Gasteiger partial charge is 0.455 e. The van der Waals surface area contributed by atoms with E-state index in [2.05, 4.69) is 4.98 Å². The van der Waals surface area contributed by atoms with Crippen molar-refractivity contribution in [3.8, 4) is 22.6 Å². The number of hydrogen-bond donors (Lipinski definition) is 0. The maximum absolute atomic E-state index is 13.1. The summed E-state index contributed by atoms with van der Waals surface area (Å²) >= 11 is 0. The van der Waals surface area contributed by atoms with Gasteiger partial charge in [-0.3, -0.25) is 9.78 Å². The molecule has 0 bridgehead atoms. The standard InChI is InChI=1S/C20H12FNO2/c21-15-7-4-13(5-8-15)20-17(12-23)16-11-14(6-9-19(16)24-20)18-3-1-2-10-22-18/h1-12H. The number of furan rings is 1. The van der Waals surface area contributed by atoms with Crippen LogP contribution in [0.4, 0.5) is 4.39 Å². The molecule has 116 valence electrons. The Morgan fingerprint density at radius 2 is 1.75 bits per heavy atom. The second kappa shape index (κ2) is 5.74. The number of aromatic nitrogens is 1. The van der Waals surface area contributed by atoms with Crippen molar-refractivity contribution in [3.63, 3.8) is 0 Å². The first-order valence-corrected chi connectivity index (χ1v) is 7.45. The van der Waals surface area contributed by atoms with Gasteiger partial charge in [-0.25, -0.2) is 4.39 Å². The van der Waals surface area contributed by atoms with E-state index in [0.717, 1.165) is 17.5 Å². The molecule has 0 aliphatic rings. The Morgan fingerprint density at radius 3 is 2.46 bits per heavy atom. The molecule has 4 aromatic rings. The summed E-state index contributed by atoms with van der Waals surface area (Å²) in [6.45, 7) is 0. The Bertz CT molecular complexity index is 1020. The molecule has 2 aromatic carbocycles. The average Bonchev–Trinajstić information content (AvgIpc) is 3.00. The van der Waals surface area contributed by atoms with Crippen molar-refractivity contribution in [2.24, 2.45) is 0 Å². The maximum atomic E-state index is 13.1. The monoisotopic (exact) mass is 317 g/mol. The van der Waals surface area contributed by atoms with Crippen LogP contribution in [0.25, 0.3) is 33.6 Å². The van der Waals surface area contributed by atoms with E-state index in [4.69, 9.17) is 4.42 Å². The molecule has 4 heteroatoms. The van der Waals surface area contributed by atoms with Gasteiger partial charge in [-0.05, 0) is 54.6 Å². The molecule has 0 atom stereocenters. The fourth-order valence-electron chi connectivity index (χ4n) is 2.74. The van der Waals surface area contributed by atoms with Gasteiger partial charge in [-0.1, -0.05) is 6.07 Å². The predicted octanol–water partition coefficient (Wildman–Crippen LogP) is 5.11. The smallest absolute Gasteiger partial charge is 0.154 e. The Kier molecular flexibility index (Phi) is 3.43. The first kappa shape index (κ1) is 14.3. The second-order valence-electron chi connectivity index (χ2n) is 5.40. The van der Waals surface area contributed by atoms with Gasteiger partial charge in [-0.15, -0.1) is 0 Å². The molecule has 2 aromatic heterocycles. The van der Waals surface area contributed by atoms with E-state index in [9.17, 15) is 9.18 Å². The van der Waals surface area contributed by atoms with Gasteiger partial charge in [0.25, 0.3) is 0 Å². The molecular weight excluding hydrogens is 305 g/mol. The SMILES string of the molecule is O=Cc1c(-c2ccc(F)cc2)oc2ccc(-c3ccccn3)cc12. The van der Waals surface area contributed by atoms with Gasteiger partial charge in [0.05, 0.1) is 11.3 Å². The fraction of sp³-hybridized carbons (Fsp3) is 0. The third-order valence-electron chi connectivity index (χ3n) is 3.91. The molecule has 24 heavy (non-hydrogen) atoms. The lowest BCUT2D eigenvalue weighted by Crippen LogP contribution is -1.85. The lowest BCUT2D eigenvalue weighted by molar-refractivity contribution is 0.112. The lowest BCUT2D eigenvalue weighted by Gasteiger charge is -2.00. The van der Waals surface area contributed by atoms with Crippen LogP contribution in [0.1, 0.15) is 10.4 Å². The van der Waals surface area contributed by atoms with Crippen LogP contribution in [-0.2, 0) is 0 Å². The van der Waals surface area contributed by atoms with Crippen molar-refractivity contribution >= 4 is 17.3 Å². The van der Waals surface area contributed by atoms with Crippen molar-refractivity contribution in [2.75, 3.05) is 0 Å². The van der Waals surface area contributed by atoms with Gasteiger partial charge in [0, 0.05) is 22.7 Å². The molecule has 0 saturated heterocycles. The molecule has 0 saturated carbocycles. The number of carbonyl (C=O) groups excluding carboxylic acids is 1. The molecule has 0 radical (unpaired) electrons. The first-order chi connectivity index (χ1) is 11.8. The summed E-state index contributed by atoms with van der Waals surface area (Å²) in [4.78, 5) is 16.0. The summed E-state index contributed by atoms with van der Waals surface area (Å²) in [5.41, 5.74) is 3.44. The van der Waals surface area contributed by atoms with Crippen molar-refractivity contribution in [3.05, 3.63) is 78.2 Å². The minimum Gasteiger partial charge on any atom is -0.455 e. The van der Waals surface area contributed by atoms with Crippen molar-refractivity contribution in [1.82, 2.24) is 4.98 Å². The topological polar surface area (TPSA) is 43.1 Å². The van der Waals surface area contributed by atoms with Crippen molar-refractivity contribution in [2.45, 2.75) is 0 Å². The minimum absolute atomic E-state index is 0.333. The zero-order valence-electron chi connectivity index (χ0n) is 12.6. The number of aldehydes is 1. The van der Waals surface area contributed by atoms with E-state index < -0.39 is 0 Å². The number of fused-ring (bicyclic) bond motifs is 1. The summed E-state index contributed by atoms with van der Waals surface area (Å²) < 4.78 is 19.0. The second-order valence-corrected chi connectivity index (χ2v) is 5.40. The molecule has 0 amide bonds. The average molecular weight is 317 g/mol. The molecule has 0 fully saturated rings. The number of carbonyl (C=O) groups is 1. The van der Waals surface area contributed by atoms with Gasteiger partial charge in [-0.2, -0.15) is 0 Å². The first-order valence-electron chi connectivity index (χ1n) is 7.45. The molecular formula is C20H12FNO2. The molecule has 0 aliphatic carbocycles. The summed E-state index contributed by atoms with van der Waals surface area (Å²) in [6.07, 6.45) is 2.49. The highest BCUT2D eigenvalue weighted by molar-refractivity contribution is 6.03. The zero-order chi connectivity index (χ0) is 16.5. The summed E-state index contributed by atoms with van der Waals surface area (Å²) in [5.74, 6) is 0.109. The van der Waals surface area contributed by atoms with E-state index in [-0.39, 0.29) is 5.82 Å². The number of pyridine rings is 1. The van der Waals surface area contributed by atoms with Crippen LogP contribution < -0.4 is 0 Å². The van der Waals surface area contributed by atoms with Gasteiger partial charge < -0.3 is 4.42 Å². The Morgan fingerprint density at radius 1 is 0.958 bits per heavy atom. The van der Waals surface area contributed by atoms with Gasteiger partial charge in [0.1, 0.15) is 17.2 Å².